The van der Waals surface area contributed by atoms with E-state index in [0.29, 0.717) is 18.0 Å². The van der Waals surface area contributed by atoms with Gasteiger partial charge in [0, 0.05) is 5.69 Å². The van der Waals surface area contributed by atoms with Crippen LogP contribution in [-0.4, -0.2) is 13.7 Å². The van der Waals surface area contributed by atoms with Gasteiger partial charge in [-0.05, 0) is 42.8 Å². The quantitative estimate of drug-likeness (QED) is 0.785. The minimum atomic E-state index is 0.622. The molecular formula is C16H20N2O2. The zero-order valence-corrected chi connectivity index (χ0v) is 11.8. The Hall–Kier alpha value is -2.36. The molecule has 0 aliphatic heterocycles. The van der Waals surface area contributed by atoms with Crippen LogP contribution in [0.2, 0.25) is 0 Å². The van der Waals surface area contributed by atoms with E-state index in [-0.39, 0.29) is 0 Å². The van der Waals surface area contributed by atoms with Crippen molar-refractivity contribution in [3.05, 3.63) is 42.5 Å². The Morgan fingerprint density at radius 3 is 2.50 bits per heavy atom. The fraction of sp³-hybridized carbons (Fsp3) is 0.250. The number of para-hydroxylation sites is 1. The maximum atomic E-state index is 6.12. The van der Waals surface area contributed by atoms with E-state index in [1.165, 1.54) is 0 Å². The first kappa shape index (κ1) is 14.1. The lowest BCUT2D eigenvalue weighted by molar-refractivity contribution is 0.319. The van der Waals surface area contributed by atoms with Gasteiger partial charge in [0.15, 0.2) is 0 Å². The number of methoxy groups -OCH3 is 1. The van der Waals surface area contributed by atoms with E-state index in [9.17, 15) is 0 Å². The molecule has 106 valence electrons. The van der Waals surface area contributed by atoms with Crippen LogP contribution in [0.25, 0.3) is 0 Å². The van der Waals surface area contributed by atoms with Gasteiger partial charge in [-0.2, -0.15) is 0 Å². The zero-order chi connectivity index (χ0) is 14.4. The average molecular weight is 272 g/mol. The predicted octanol–water partition coefficient (Wildman–Crippen LogP) is 3.81. The molecule has 2 aromatic rings. The van der Waals surface area contributed by atoms with Crippen LogP contribution in [-0.2, 0) is 0 Å². The summed E-state index contributed by atoms with van der Waals surface area (Å²) in [6, 6.07) is 13.4. The molecule has 0 aliphatic carbocycles. The van der Waals surface area contributed by atoms with Crippen LogP contribution in [0, 0.1) is 0 Å². The molecule has 2 rings (SSSR count). The van der Waals surface area contributed by atoms with Crippen molar-refractivity contribution in [2.75, 3.05) is 24.8 Å². The number of rotatable bonds is 6. The minimum absolute atomic E-state index is 0.622. The van der Waals surface area contributed by atoms with Gasteiger partial charge in [0.1, 0.15) is 11.5 Å². The van der Waals surface area contributed by atoms with E-state index >= 15 is 0 Å². The highest BCUT2D eigenvalue weighted by molar-refractivity contribution is 5.77. The molecular weight excluding hydrogens is 252 g/mol. The molecule has 4 nitrogen and oxygen atoms in total. The second kappa shape index (κ2) is 6.70. The fourth-order valence-corrected chi connectivity index (χ4v) is 1.82. The highest BCUT2D eigenvalue weighted by Gasteiger charge is 2.06. The number of nitrogen functional groups attached to an aromatic ring is 1. The lowest BCUT2D eigenvalue weighted by Gasteiger charge is -2.13. The van der Waals surface area contributed by atoms with Crippen molar-refractivity contribution >= 4 is 17.1 Å². The van der Waals surface area contributed by atoms with Gasteiger partial charge in [0.05, 0.1) is 25.1 Å². The molecule has 20 heavy (non-hydrogen) atoms. The normalized spacial score (nSPS) is 10.1. The molecule has 2 aromatic carbocycles. The first-order valence-corrected chi connectivity index (χ1v) is 6.67. The standard InChI is InChI=1S/C16H20N2O2/c1-3-11-20-15-6-4-5-14(16(15)17)18-12-7-9-13(19-2)10-8-12/h4-10,18H,3,11,17H2,1-2H3. The molecule has 0 amide bonds. The van der Waals surface area contributed by atoms with Crippen LogP contribution >= 0.6 is 0 Å². The summed E-state index contributed by atoms with van der Waals surface area (Å²) in [6.07, 6.45) is 0.954. The summed E-state index contributed by atoms with van der Waals surface area (Å²) in [4.78, 5) is 0. The average Bonchev–Trinajstić information content (AvgIpc) is 2.49. The first-order chi connectivity index (χ1) is 9.74. The summed E-state index contributed by atoms with van der Waals surface area (Å²) in [6.45, 7) is 2.73. The van der Waals surface area contributed by atoms with E-state index in [0.717, 1.165) is 23.5 Å². The highest BCUT2D eigenvalue weighted by atomic mass is 16.5. The Balaban J connectivity index is 2.15. The molecule has 4 heteroatoms. The smallest absolute Gasteiger partial charge is 0.144 e. The van der Waals surface area contributed by atoms with E-state index in [2.05, 4.69) is 12.2 Å². The molecule has 3 N–H and O–H groups in total. The van der Waals surface area contributed by atoms with Crippen molar-refractivity contribution in [2.45, 2.75) is 13.3 Å². The van der Waals surface area contributed by atoms with Crippen LogP contribution < -0.4 is 20.5 Å². The van der Waals surface area contributed by atoms with Gasteiger partial charge in [-0.1, -0.05) is 13.0 Å². The van der Waals surface area contributed by atoms with Crippen molar-refractivity contribution in [1.29, 1.82) is 0 Å². The van der Waals surface area contributed by atoms with E-state index in [4.69, 9.17) is 15.2 Å². The van der Waals surface area contributed by atoms with Gasteiger partial charge >= 0.3 is 0 Å². The molecule has 0 saturated carbocycles. The number of hydrogen-bond acceptors (Lipinski definition) is 4. The largest absolute Gasteiger partial charge is 0.497 e. The molecule has 0 atom stereocenters. The third kappa shape index (κ3) is 3.35. The van der Waals surface area contributed by atoms with Crippen molar-refractivity contribution in [3.8, 4) is 11.5 Å². The van der Waals surface area contributed by atoms with E-state index in [1.807, 2.05) is 42.5 Å². The van der Waals surface area contributed by atoms with Gasteiger partial charge in [0.2, 0.25) is 0 Å². The Morgan fingerprint density at radius 2 is 1.85 bits per heavy atom. The van der Waals surface area contributed by atoms with Crippen LogP contribution in [0.3, 0.4) is 0 Å². The van der Waals surface area contributed by atoms with Gasteiger partial charge in [-0.25, -0.2) is 0 Å². The molecule has 0 radical (unpaired) electrons. The van der Waals surface area contributed by atoms with Crippen LogP contribution in [0.1, 0.15) is 13.3 Å². The number of nitrogens with one attached hydrogen (secondary N) is 1. The van der Waals surface area contributed by atoms with Crippen LogP contribution in [0.15, 0.2) is 42.5 Å². The summed E-state index contributed by atoms with van der Waals surface area (Å²) >= 11 is 0. The lowest BCUT2D eigenvalue weighted by Crippen LogP contribution is -2.02. The second-order valence-corrected chi connectivity index (χ2v) is 4.42. The molecule has 0 aliphatic rings. The first-order valence-electron chi connectivity index (χ1n) is 6.67. The van der Waals surface area contributed by atoms with Crippen molar-refractivity contribution in [2.24, 2.45) is 0 Å². The SMILES string of the molecule is CCCOc1cccc(Nc2ccc(OC)cc2)c1N. The number of benzene rings is 2. The third-order valence-corrected chi connectivity index (χ3v) is 2.90. The summed E-state index contributed by atoms with van der Waals surface area (Å²) in [5.74, 6) is 1.54. The summed E-state index contributed by atoms with van der Waals surface area (Å²) < 4.78 is 10.7. The van der Waals surface area contributed by atoms with Crippen molar-refractivity contribution < 1.29 is 9.47 Å². The Labute approximate surface area is 119 Å². The second-order valence-electron chi connectivity index (χ2n) is 4.42. The van der Waals surface area contributed by atoms with Crippen LogP contribution in [0.5, 0.6) is 11.5 Å². The van der Waals surface area contributed by atoms with Gasteiger partial charge < -0.3 is 20.5 Å². The van der Waals surface area contributed by atoms with Crippen molar-refractivity contribution in [1.82, 2.24) is 0 Å². The molecule has 0 unspecified atom stereocenters. The topological polar surface area (TPSA) is 56.5 Å². The number of hydrogen-bond donors (Lipinski definition) is 2. The third-order valence-electron chi connectivity index (χ3n) is 2.90. The van der Waals surface area contributed by atoms with E-state index in [1.54, 1.807) is 7.11 Å². The Kier molecular flexibility index (Phi) is 4.71. The number of anilines is 3. The van der Waals surface area contributed by atoms with E-state index < -0.39 is 0 Å². The maximum Gasteiger partial charge on any atom is 0.144 e. The number of nitrogens with two attached hydrogens (primary N) is 1. The van der Waals surface area contributed by atoms with Crippen molar-refractivity contribution in [3.63, 3.8) is 0 Å². The zero-order valence-electron chi connectivity index (χ0n) is 11.8. The maximum absolute atomic E-state index is 6.12. The summed E-state index contributed by atoms with van der Waals surface area (Å²) in [7, 11) is 1.65. The van der Waals surface area contributed by atoms with Gasteiger partial charge in [0.25, 0.3) is 0 Å². The number of ether oxygens (including phenoxy) is 2. The minimum Gasteiger partial charge on any atom is -0.497 e. The summed E-state index contributed by atoms with van der Waals surface area (Å²) in [5, 5.41) is 3.28. The highest BCUT2D eigenvalue weighted by Crippen LogP contribution is 2.32. The predicted molar refractivity (Wildman–Crippen MR) is 82.9 cm³/mol. The lowest BCUT2D eigenvalue weighted by atomic mass is 10.2. The fourth-order valence-electron chi connectivity index (χ4n) is 1.82. The molecule has 0 aromatic heterocycles. The monoisotopic (exact) mass is 272 g/mol. The molecule has 0 saturated heterocycles. The Morgan fingerprint density at radius 1 is 1.10 bits per heavy atom. The molecule has 0 spiro atoms. The van der Waals surface area contributed by atoms with Crippen LogP contribution in [0.4, 0.5) is 17.1 Å². The van der Waals surface area contributed by atoms with Gasteiger partial charge in [-0.15, -0.1) is 0 Å². The van der Waals surface area contributed by atoms with Gasteiger partial charge in [-0.3, -0.25) is 0 Å². The molecule has 0 fully saturated rings. The molecule has 0 heterocycles. The Bertz CT molecular complexity index is 553. The summed E-state index contributed by atoms with van der Waals surface area (Å²) in [5.41, 5.74) is 8.52. The molecule has 0 bridgehead atoms.